The average molecular weight is 669 g/mol. The summed E-state index contributed by atoms with van der Waals surface area (Å²) in [7, 11) is 0. The fraction of sp³-hybridized carbons (Fsp3) is 0.235. The van der Waals surface area contributed by atoms with Gasteiger partial charge in [0.15, 0.2) is 18.1 Å². The van der Waals surface area contributed by atoms with E-state index in [2.05, 4.69) is 9.98 Å². The van der Waals surface area contributed by atoms with Crippen LogP contribution in [0.3, 0.4) is 0 Å². The number of phenols is 1. The Morgan fingerprint density at radius 2 is 1.92 bits per heavy atom. The lowest BCUT2D eigenvalue weighted by atomic mass is 9.90. The number of aromatic hydroxyl groups is 1. The summed E-state index contributed by atoms with van der Waals surface area (Å²) in [5.74, 6) is -0.368. The van der Waals surface area contributed by atoms with Crippen LogP contribution in [0.25, 0.3) is 27.8 Å². The molecule has 4 heterocycles. The zero-order chi connectivity index (χ0) is 34.4. The number of aromatic nitrogens is 3. The molecular weight excluding hydrogens is 640 g/mol. The van der Waals surface area contributed by atoms with Gasteiger partial charge in [0.1, 0.15) is 23.4 Å². The molecule has 3 aliphatic rings. The Kier molecular flexibility index (Phi) is 8.12. The lowest BCUT2D eigenvalue weighted by molar-refractivity contribution is -0.268. The number of aliphatic imine (C=N–C) groups is 1. The number of amides is 1. The van der Waals surface area contributed by atoms with Crippen molar-refractivity contribution in [3.05, 3.63) is 111 Å². The van der Waals surface area contributed by atoms with Gasteiger partial charge >= 0.3 is 5.69 Å². The van der Waals surface area contributed by atoms with Gasteiger partial charge in [0.05, 0.1) is 23.8 Å². The summed E-state index contributed by atoms with van der Waals surface area (Å²) in [6.45, 7) is -0.164. The molecule has 15 heteroatoms. The number of hydrogen-bond donors (Lipinski definition) is 1. The SMILES string of the molecule is O=Cc1cc(O)ccc1-c1cccc(-n2c(=O)n(C3CCC(N(CC4=C[N+]5CN(F)C=CC5=N4)C(=O)[O-])CC3)c(=O)c3cc(F)cnc32)c1. The van der Waals surface area contributed by atoms with Crippen molar-refractivity contribution in [2.24, 2.45) is 4.99 Å². The van der Waals surface area contributed by atoms with E-state index in [0.29, 0.717) is 52.6 Å². The van der Waals surface area contributed by atoms with Crippen LogP contribution in [-0.2, 0) is 0 Å². The van der Waals surface area contributed by atoms with E-state index >= 15 is 0 Å². The van der Waals surface area contributed by atoms with Crippen LogP contribution < -0.4 is 21.3 Å². The first kappa shape index (κ1) is 31.6. The molecular formula is C34H28F2N7O6. The van der Waals surface area contributed by atoms with E-state index in [-0.39, 0.29) is 48.4 Å². The van der Waals surface area contributed by atoms with Crippen molar-refractivity contribution in [2.45, 2.75) is 37.8 Å². The van der Waals surface area contributed by atoms with E-state index in [1.165, 1.54) is 29.0 Å². The highest BCUT2D eigenvalue weighted by molar-refractivity contribution is 5.98. The monoisotopic (exact) mass is 668 g/mol. The number of amidine groups is 1. The summed E-state index contributed by atoms with van der Waals surface area (Å²) in [5, 5.41) is 22.4. The molecule has 1 saturated carbocycles. The highest BCUT2D eigenvalue weighted by Gasteiger charge is 2.35. The van der Waals surface area contributed by atoms with Gasteiger partial charge in [-0.25, -0.2) is 18.7 Å². The van der Waals surface area contributed by atoms with Crippen LogP contribution >= 0.6 is 0 Å². The summed E-state index contributed by atoms with van der Waals surface area (Å²) in [6, 6.07) is 10.8. The van der Waals surface area contributed by atoms with Crippen molar-refractivity contribution >= 4 is 29.2 Å². The number of pyridine rings is 1. The molecule has 1 fully saturated rings. The van der Waals surface area contributed by atoms with Gasteiger partial charge in [-0.1, -0.05) is 21.5 Å². The minimum atomic E-state index is -1.41. The van der Waals surface area contributed by atoms with Crippen LogP contribution in [0.5, 0.6) is 5.75 Å². The molecule has 13 nitrogen and oxygen atoms in total. The van der Waals surface area contributed by atoms with Gasteiger partial charge < -0.3 is 19.9 Å². The lowest BCUT2D eigenvalue weighted by Crippen LogP contribution is -2.50. The molecule has 2 aromatic heterocycles. The number of carbonyl (C=O) groups is 2. The molecule has 0 unspecified atom stereocenters. The minimum absolute atomic E-state index is 0.0589. The maximum Gasteiger partial charge on any atom is 0.337 e. The number of halogens is 2. The van der Waals surface area contributed by atoms with Gasteiger partial charge in [0.2, 0.25) is 6.67 Å². The Balaban J connectivity index is 1.21. The molecule has 7 rings (SSSR count). The highest BCUT2D eigenvalue weighted by Crippen LogP contribution is 2.32. The number of nitrogens with zero attached hydrogens (tertiary/aromatic N) is 7. The van der Waals surface area contributed by atoms with Crippen LogP contribution in [0, 0.1) is 5.82 Å². The number of hydrogen-bond acceptors (Lipinski definition) is 10. The predicted octanol–water partition coefficient (Wildman–Crippen LogP) is 3.07. The Labute approximate surface area is 276 Å². The van der Waals surface area contributed by atoms with Crippen LogP contribution in [0.1, 0.15) is 42.1 Å². The standard InChI is InChI=1S/C34H29F2N7O6/c35-22-14-29-31(37-15-22)42(26-3-1-2-20(12-26)28-9-8-27(45)13-21(28)18-44)33(47)43(32(29)46)25-6-4-24(5-7-25)41(34(48)49)17-23-16-39-19-40(36)11-10-30(39)38-23/h1-3,8-16,18,24-25,45H,4-7,17,19H2,(H,48,49)/q+1/p-1. The quantitative estimate of drug-likeness (QED) is 0.179. The Bertz CT molecular complexity index is 2220. The van der Waals surface area contributed by atoms with Crippen LogP contribution in [-0.4, -0.2) is 66.7 Å². The average Bonchev–Trinajstić information content (AvgIpc) is 3.49. The second-order valence-corrected chi connectivity index (χ2v) is 12.0. The minimum Gasteiger partial charge on any atom is -0.530 e. The molecule has 0 spiro atoms. The van der Waals surface area contributed by atoms with Crippen molar-refractivity contribution in [2.75, 3.05) is 13.2 Å². The predicted molar refractivity (Wildman–Crippen MR) is 172 cm³/mol. The van der Waals surface area contributed by atoms with Gasteiger partial charge in [-0.15, -0.1) is 0 Å². The number of fused-ring (bicyclic) bond motifs is 2. The van der Waals surface area contributed by atoms with Gasteiger partial charge in [-0.3, -0.25) is 14.2 Å². The Hall–Kier alpha value is -5.96. The first-order chi connectivity index (χ1) is 23.6. The molecule has 1 radical (unpaired) electrons. The second-order valence-electron chi connectivity index (χ2n) is 12.0. The molecule has 0 saturated heterocycles. The van der Waals surface area contributed by atoms with E-state index in [1.54, 1.807) is 41.4 Å². The van der Waals surface area contributed by atoms with Gasteiger partial charge in [-0.05, 0) is 73.2 Å². The van der Waals surface area contributed by atoms with Crippen LogP contribution in [0.4, 0.5) is 13.7 Å². The summed E-state index contributed by atoms with van der Waals surface area (Å²) in [5.41, 5.74) is 0.475. The number of benzene rings is 2. The fourth-order valence-electron chi connectivity index (χ4n) is 6.75. The van der Waals surface area contributed by atoms with Crippen molar-refractivity contribution in [1.82, 2.24) is 29.0 Å². The van der Waals surface area contributed by atoms with E-state index < -0.39 is 35.2 Å². The zero-order valence-electron chi connectivity index (χ0n) is 25.8. The van der Waals surface area contributed by atoms with E-state index in [4.69, 9.17) is 0 Å². The summed E-state index contributed by atoms with van der Waals surface area (Å²) in [4.78, 5) is 63.2. The topological polar surface area (TPSA) is 159 Å². The third kappa shape index (κ3) is 5.88. The second kappa shape index (κ2) is 12.6. The van der Waals surface area contributed by atoms with E-state index in [1.807, 2.05) is 0 Å². The molecule has 0 bridgehead atoms. The van der Waals surface area contributed by atoms with Crippen LogP contribution in [0.2, 0.25) is 0 Å². The van der Waals surface area contributed by atoms with E-state index in [0.717, 1.165) is 21.7 Å². The summed E-state index contributed by atoms with van der Waals surface area (Å²) < 4.78 is 30.4. The van der Waals surface area contributed by atoms with Gasteiger partial charge in [0, 0.05) is 29.9 Å². The summed E-state index contributed by atoms with van der Waals surface area (Å²) in [6.07, 6.45) is 5.49. The van der Waals surface area contributed by atoms with Crippen molar-refractivity contribution in [3.8, 4) is 22.6 Å². The molecule has 249 valence electrons. The van der Waals surface area contributed by atoms with Crippen molar-refractivity contribution in [1.29, 1.82) is 0 Å². The highest BCUT2D eigenvalue weighted by atomic mass is 19.2. The number of carbonyl (C=O) groups excluding carboxylic acids is 2. The molecule has 1 aliphatic carbocycles. The Morgan fingerprint density at radius 1 is 1.12 bits per heavy atom. The Morgan fingerprint density at radius 3 is 2.67 bits per heavy atom. The molecule has 2 aromatic carbocycles. The van der Waals surface area contributed by atoms with Gasteiger partial charge in [-0.2, -0.15) is 10.1 Å². The van der Waals surface area contributed by atoms with Crippen molar-refractivity contribution < 1.29 is 28.7 Å². The molecule has 1 N–H and O–H groups in total. The maximum absolute atomic E-state index is 14.5. The zero-order valence-corrected chi connectivity index (χ0v) is 25.8. The maximum atomic E-state index is 14.5. The number of aldehydes is 1. The number of phenolic OH excluding ortho intramolecular Hbond substituents is 1. The smallest absolute Gasteiger partial charge is 0.337 e. The first-order valence-electron chi connectivity index (χ1n) is 15.5. The van der Waals surface area contributed by atoms with Crippen LogP contribution in [0.15, 0.2) is 93.5 Å². The number of rotatable bonds is 7. The molecule has 2 aliphatic heterocycles. The lowest BCUT2D eigenvalue weighted by Gasteiger charge is -2.38. The third-order valence-electron chi connectivity index (χ3n) is 9.04. The molecule has 49 heavy (non-hydrogen) atoms. The normalized spacial score (nSPS) is 19.0. The third-order valence-corrected chi connectivity index (χ3v) is 9.04. The van der Waals surface area contributed by atoms with Crippen molar-refractivity contribution in [3.63, 3.8) is 0 Å². The summed E-state index contributed by atoms with van der Waals surface area (Å²) >= 11 is 0. The largest absolute Gasteiger partial charge is 0.530 e. The molecule has 0 atom stereocenters. The van der Waals surface area contributed by atoms with E-state index in [9.17, 15) is 38.3 Å². The van der Waals surface area contributed by atoms with Gasteiger partial charge in [0.25, 0.3) is 11.4 Å². The first-order valence-corrected chi connectivity index (χ1v) is 15.5. The number of carboxylic acid groups (broad SMARTS) is 1. The molecule has 1 amide bonds. The fourth-order valence-corrected chi connectivity index (χ4v) is 6.75. The molecule has 4 aromatic rings.